The van der Waals surface area contributed by atoms with Gasteiger partial charge in [-0.15, -0.1) is 0 Å². The number of hydrogen-bond acceptors (Lipinski definition) is 5. The van der Waals surface area contributed by atoms with E-state index in [0.29, 0.717) is 17.2 Å². The van der Waals surface area contributed by atoms with Crippen LogP contribution in [0.4, 0.5) is 4.39 Å². The predicted octanol–water partition coefficient (Wildman–Crippen LogP) is 3.31. The third kappa shape index (κ3) is 5.70. The lowest BCUT2D eigenvalue weighted by molar-refractivity contribution is 0.0582. The maximum absolute atomic E-state index is 12.9. The van der Waals surface area contributed by atoms with Crippen LogP contribution in [0.25, 0.3) is 5.57 Å². The largest absolute Gasteiger partial charge is 0.457 e. The molecule has 0 aliphatic rings. The second kappa shape index (κ2) is 9.56. The molecule has 1 aromatic carbocycles. The first-order chi connectivity index (χ1) is 12.9. The first kappa shape index (κ1) is 20.2. The van der Waals surface area contributed by atoms with E-state index in [0.717, 1.165) is 5.57 Å². The minimum Gasteiger partial charge on any atom is -0.457 e. The zero-order chi connectivity index (χ0) is 19.8. The van der Waals surface area contributed by atoms with E-state index in [2.05, 4.69) is 11.6 Å². The number of Topliss-reactive ketones (excluding diaryl/α,β-unsaturated/α-hetero) is 1. The van der Waals surface area contributed by atoms with Crippen LogP contribution >= 0.6 is 0 Å². The molecule has 0 aliphatic heterocycles. The summed E-state index contributed by atoms with van der Waals surface area (Å²) in [5, 5.41) is 18.4. The normalized spacial score (nSPS) is 13.2. The summed E-state index contributed by atoms with van der Waals surface area (Å²) in [7, 11) is 0. The monoisotopic (exact) mass is 369 g/mol. The van der Waals surface area contributed by atoms with Gasteiger partial charge in [-0.25, -0.2) is 9.37 Å². The van der Waals surface area contributed by atoms with Gasteiger partial charge in [0.05, 0.1) is 12.3 Å². The molecule has 6 heteroatoms. The number of nitrogens with zero attached hydrogens (tertiary/aromatic N) is 1. The molecule has 140 valence electrons. The van der Waals surface area contributed by atoms with E-state index in [9.17, 15) is 14.3 Å². The fraction of sp³-hybridized carbons (Fsp3) is 0.143. The molecule has 5 nitrogen and oxygen atoms in total. The number of aliphatic hydroxyl groups is 2. The Morgan fingerprint density at radius 2 is 1.89 bits per heavy atom. The van der Waals surface area contributed by atoms with Crippen molar-refractivity contribution in [2.75, 3.05) is 6.61 Å². The molecule has 0 aliphatic carbocycles. The molecule has 1 aromatic heterocycles. The van der Waals surface area contributed by atoms with Crippen molar-refractivity contribution < 1.29 is 24.1 Å². The van der Waals surface area contributed by atoms with E-state index in [4.69, 9.17) is 9.84 Å². The zero-order valence-corrected chi connectivity index (χ0v) is 14.8. The quantitative estimate of drug-likeness (QED) is 0.424. The van der Waals surface area contributed by atoms with Crippen LogP contribution in [0.1, 0.15) is 23.1 Å². The number of benzene rings is 1. The van der Waals surface area contributed by atoms with Crippen molar-refractivity contribution in [1.29, 1.82) is 0 Å². The van der Waals surface area contributed by atoms with Gasteiger partial charge >= 0.3 is 0 Å². The molecule has 1 atom stereocenters. The van der Waals surface area contributed by atoms with Crippen LogP contribution in [0.2, 0.25) is 0 Å². The van der Waals surface area contributed by atoms with Crippen LogP contribution < -0.4 is 4.74 Å². The molecule has 1 unspecified atom stereocenters. The molecule has 2 aromatic rings. The molecule has 27 heavy (non-hydrogen) atoms. The maximum atomic E-state index is 12.9. The number of aromatic nitrogens is 1. The number of pyridine rings is 1. The molecule has 0 saturated heterocycles. The minimum atomic E-state index is -1.49. The molecule has 0 radical (unpaired) electrons. The first-order valence-electron chi connectivity index (χ1n) is 8.19. The van der Waals surface area contributed by atoms with Crippen LogP contribution in [0, 0.1) is 5.82 Å². The third-order valence-electron chi connectivity index (χ3n) is 3.63. The van der Waals surface area contributed by atoms with Gasteiger partial charge in [0.1, 0.15) is 29.1 Å². The number of hydrogen-bond donors (Lipinski definition) is 2. The molecule has 1 heterocycles. The van der Waals surface area contributed by atoms with Crippen molar-refractivity contribution >= 4 is 11.4 Å². The first-order valence-corrected chi connectivity index (χ1v) is 8.19. The van der Waals surface area contributed by atoms with Crippen LogP contribution in [0.3, 0.4) is 0 Å². The average Bonchev–Trinajstić information content (AvgIpc) is 2.71. The lowest BCUT2D eigenvalue weighted by atomic mass is 10.1. The average molecular weight is 369 g/mol. The van der Waals surface area contributed by atoms with E-state index in [1.54, 1.807) is 31.2 Å². The number of ketones is 1. The van der Waals surface area contributed by atoms with Gasteiger partial charge in [-0.05, 0) is 61.0 Å². The summed E-state index contributed by atoms with van der Waals surface area (Å²) in [5.74, 6) is -0.0793. The number of ether oxygens (including phenoxy) is 1. The molecule has 2 N–H and O–H groups in total. The van der Waals surface area contributed by atoms with Crippen LogP contribution in [-0.4, -0.2) is 33.7 Å². The molecular formula is C21H20FNO4. The molecule has 2 rings (SSSR count). The fourth-order valence-corrected chi connectivity index (χ4v) is 2.12. The zero-order valence-electron chi connectivity index (χ0n) is 14.8. The SMILES string of the molecule is C=CC(=CC=C(C)c1cccc(C(=O)C(O)CO)n1)Oc1ccc(F)cc1. The Labute approximate surface area is 156 Å². The van der Waals surface area contributed by atoms with E-state index in [-0.39, 0.29) is 11.5 Å². The number of allylic oxidation sites excluding steroid dienone is 4. The van der Waals surface area contributed by atoms with E-state index in [1.165, 1.54) is 36.4 Å². The van der Waals surface area contributed by atoms with Gasteiger partial charge in [0, 0.05) is 0 Å². The Bertz CT molecular complexity index is 872. The highest BCUT2D eigenvalue weighted by Gasteiger charge is 2.17. The molecule has 0 saturated carbocycles. The second-order valence-corrected chi connectivity index (χ2v) is 5.65. The predicted molar refractivity (Wildman–Crippen MR) is 101 cm³/mol. The molecule has 0 spiro atoms. The van der Waals surface area contributed by atoms with E-state index < -0.39 is 18.5 Å². The Balaban J connectivity index is 2.19. The summed E-state index contributed by atoms with van der Waals surface area (Å²) >= 11 is 0. The Hall–Kier alpha value is -3.09. The lowest BCUT2D eigenvalue weighted by Crippen LogP contribution is -2.25. The third-order valence-corrected chi connectivity index (χ3v) is 3.63. The van der Waals surface area contributed by atoms with Gasteiger partial charge in [0.2, 0.25) is 5.78 Å². The summed E-state index contributed by atoms with van der Waals surface area (Å²) in [4.78, 5) is 16.1. The summed E-state index contributed by atoms with van der Waals surface area (Å²) < 4.78 is 18.6. The van der Waals surface area contributed by atoms with Crippen molar-refractivity contribution in [3.05, 3.63) is 90.2 Å². The highest BCUT2D eigenvalue weighted by atomic mass is 19.1. The summed E-state index contributed by atoms with van der Waals surface area (Å²) in [6.07, 6.45) is 3.43. The topological polar surface area (TPSA) is 79.7 Å². The lowest BCUT2D eigenvalue weighted by Gasteiger charge is -2.08. The highest BCUT2D eigenvalue weighted by Crippen LogP contribution is 2.17. The van der Waals surface area contributed by atoms with Crippen molar-refractivity contribution in [1.82, 2.24) is 4.98 Å². The van der Waals surface area contributed by atoms with Crippen LogP contribution in [0.15, 0.2) is 73.0 Å². The minimum absolute atomic E-state index is 0.0669. The van der Waals surface area contributed by atoms with Crippen molar-refractivity contribution in [3.8, 4) is 5.75 Å². The Morgan fingerprint density at radius 1 is 1.22 bits per heavy atom. The summed E-state index contributed by atoms with van der Waals surface area (Å²) in [6.45, 7) is 4.82. The highest BCUT2D eigenvalue weighted by molar-refractivity contribution is 5.97. The molecule has 0 fully saturated rings. The summed E-state index contributed by atoms with van der Waals surface area (Å²) in [5.41, 5.74) is 1.34. The fourth-order valence-electron chi connectivity index (χ4n) is 2.12. The van der Waals surface area contributed by atoms with Crippen molar-refractivity contribution in [3.63, 3.8) is 0 Å². The van der Waals surface area contributed by atoms with Crippen LogP contribution in [0.5, 0.6) is 5.75 Å². The van der Waals surface area contributed by atoms with Gasteiger partial charge in [0.15, 0.2) is 0 Å². The smallest absolute Gasteiger partial charge is 0.211 e. The number of halogens is 1. The number of aliphatic hydroxyl groups excluding tert-OH is 2. The Kier molecular flexibility index (Phi) is 7.16. The maximum Gasteiger partial charge on any atom is 0.211 e. The van der Waals surface area contributed by atoms with Gasteiger partial charge in [-0.2, -0.15) is 0 Å². The second-order valence-electron chi connectivity index (χ2n) is 5.65. The van der Waals surface area contributed by atoms with Gasteiger partial charge in [0.25, 0.3) is 0 Å². The van der Waals surface area contributed by atoms with Gasteiger partial charge in [-0.3, -0.25) is 4.79 Å². The molecule has 0 amide bonds. The number of carbonyl (C=O) groups excluding carboxylic acids is 1. The standard InChI is InChI=1S/C21H20FNO4/c1-3-16(27-17-11-8-15(22)9-12-17)10-7-14(2)18-5-4-6-19(23-18)21(26)20(25)13-24/h3-12,20,24-25H,1,13H2,2H3. The number of carbonyl (C=O) groups is 1. The van der Waals surface area contributed by atoms with Gasteiger partial charge in [-0.1, -0.05) is 18.7 Å². The van der Waals surface area contributed by atoms with Crippen LogP contribution in [-0.2, 0) is 0 Å². The summed E-state index contributed by atoms with van der Waals surface area (Å²) in [6, 6.07) is 10.4. The van der Waals surface area contributed by atoms with E-state index in [1.807, 2.05) is 0 Å². The molecular weight excluding hydrogens is 349 g/mol. The van der Waals surface area contributed by atoms with Crippen molar-refractivity contribution in [2.45, 2.75) is 13.0 Å². The van der Waals surface area contributed by atoms with Gasteiger partial charge < -0.3 is 14.9 Å². The van der Waals surface area contributed by atoms with E-state index >= 15 is 0 Å². The molecule has 0 bridgehead atoms. The van der Waals surface area contributed by atoms with Crippen molar-refractivity contribution in [2.24, 2.45) is 0 Å². The Morgan fingerprint density at radius 3 is 2.52 bits per heavy atom. The number of rotatable bonds is 8.